The second-order valence-electron chi connectivity index (χ2n) is 5.28. The predicted molar refractivity (Wildman–Crippen MR) is 83.6 cm³/mol. The van der Waals surface area contributed by atoms with Crippen molar-refractivity contribution < 1.29 is 18.3 Å². The van der Waals surface area contributed by atoms with Crippen molar-refractivity contribution in [1.29, 1.82) is 0 Å². The molecule has 0 saturated carbocycles. The Hall–Kier alpha value is -2.24. The summed E-state index contributed by atoms with van der Waals surface area (Å²) in [5.41, 5.74) is -0.538. The summed E-state index contributed by atoms with van der Waals surface area (Å²) in [5.74, 6) is -2.89. The molecular formula is C17H19F2NO3. The molecule has 2 aromatic rings. The van der Waals surface area contributed by atoms with Gasteiger partial charge >= 0.3 is 5.97 Å². The number of unbranched alkanes of at least 4 members (excludes halogenated alkanes) is 2. The van der Waals surface area contributed by atoms with Gasteiger partial charge in [0.05, 0.1) is 12.1 Å². The van der Waals surface area contributed by atoms with Crippen molar-refractivity contribution in [3.05, 3.63) is 45.8 Å². The van der Waals surface area contributed by atoms with Crippen LogP contribution in [0, 0.1) is 11.6 Å². The molecule has 0 amide bonds. The van der Waals surface area contributed by atoms with Crippen LogP contribution in [0.2, 0.25) is 0 Å². The molecule has 0 bridgehead atoms. The van der Waals surface area contributed by atoms with Gasteiger partial charge in [0.15, 0.2) is 11.6 Å². The summed E-state index contributed by atoms with van der Waals surface area (Å²) in [7, 11) is 0. The Balaban J connectivity index is 2.65. The molecular weight excluding hydrogens is 304 g/mol. The molecule has 2 rings (SSSR count). The number of esters is 1. The van der Waals surface area contributed by atoms with Gasteiger partial charge < -0.3 is 9.30 Å². The Labute approximate surface area is 132 Å². The topological polar surface area (TPSA) is 48.3 Å². The SMILES string of the molecule is CCCCCn1cc(C(=O)OCC)c(=O)c2cc(F)c(F)cc21. The van der Waals surface area contributed by atoms with E-state index in [4.69, 9.17) is 4.74 Å². The summed E-state index contributed by atoms with van der Waals surface area (Å²) in [6, 6.07) is 1.83. The first kappa shape index (κ1) is 17.1. The third kappa shape index (κ3) is 3.57. The van der Waals surface area contributed by atoms with Crippen LogP contribution >= 0.6 is 0 Å². The molecule has 23 heavy (non-hydrogen) atoms. The summed E-state index contributed by atoms with van der Waals surface area (Å²) in [5, 5.41) is -0.0223. The number of ether oxygens (including phenoxy) is 1. The lowest BCUT2D eigenvalue weighted by Crippen LogP contribution is -2.21. The molecule has 0 N–H and O–H groups in total. The van der Waals surface area contributed by atoms with Crippen LogP contribution in [0.4, 0.5) is 8.78 Å². The van der Waals surface area contributed by atoms with Crippen molar-refractivity contribution in [3.63, 3.8) is 0 Å². The van der Waals surface area contributed by atoms with E-state index in [0.717, 1.165) is 31.4 Å². The van der Waals surface area contributed by atoms with Gasteiger partial charge in [-0.2, -0.15) is 0 Å². The average Bonchev–Trinajstić information content (AvgIpc) is 2.52. The highest BCUT2D eigenvalue weighted by atomic mass is 19.2. The minimum Gasteiger partial charge on any atom is -0.462 e. The maximum absolute atomic E-state index is 13.5. The van der Waals surface area contributed by atoms with Crippen LogP contribution in [0.25, 0.3) is 10.9 Å². The van der Waals surface area contributed by atoms with E-state index in [9.17, 15) is 18.4 Å². The molecule has 1 heterocycles. The van der Waals surface area contributed by atoms with Gasteiger partial charge in [-0.3, -0.25) is 4.79 Å². The van der Waals surface area contributed by atoms with E-state index in [0.29, 0.717) is 6.54 Å². The number of aromatic nitrogens is 1. The van der Waals surface area contributed by atoms with Crippen molar-refractivity contribution >= 4 is 16.9 Å². The zero-order valence-electron chi connectivity index (χ0n) is 13.2. The standard InChI is InChI=1S/C17H19F2NO3/c1-3-5-6-7-20-10-12(17(22)23-4-2)16(21)11-8-13(18)14(19)9-15(11)20/h8-10H,3-7H2,1-2H3. The van der Waals surface area contributed by atoms with Crippen LogP contribution in [0.3, 0.4) is 0 Å². The molecule has 0 radical (unpaired) electrons. The van der Waals surface area contributed by atoms with E-state index < -0.39 is 23.0 Å². The van der Waals surface area contributed by atoms with Crippen LogP contribution in [-0.4, -0.2) is 17.1 Å². The van der Waals surface area contributed by atoms with Gasteiger partial charge in [-0.1, -0.05) is 19.8 Å². The molecule has 0 saturated heterocycles. The van der Waals surface area contributed by atoms with Crippen molar-refractivity contribution in [1.82, 2.24) is 4.57 Å². The Kier molecular flexibility index (Phi) is 5.47. The molecule has 0 aliphatic rings. The van der Waals surface area contributed by atoms with E-state index >= 15 is 0 Å². The third-order valence-electron chi connectivity index (χ3n) is 3.62. The van der Waals surface area contributed by atoms with Crippen molar-refractivity contribution in [2.45, 2.75) is 39.7 Å². The van der Waals surface area contributed by atoms with Gasteiger partial charge in [-0.05, 0) is 19.4 Å². The highest BCUT2D eigenvalue weighted by Crippen LogP contribution is 2.18. The third-order valence-corrected chi connectivity index (χ3v) is 3.62. The van der Waals surface area contributed by atoms with Crippen molar-refractivity contribution in [2.24, 2.45) is 0 Å². The molecule has 1 aromatic carbocycles. The number of hydrogen-bond donors (Lipinski definition) is 0. The quantitative estimate of drug-likeness (QED) is 0.602. The molecule has 0 fully saturated rings. The summed E-state index contributed by atoms with van der Waals surface area (Å²) >= 11 is 0. The number of carbonyl (C=O) groups excluding carboxylic acids is 1. The van der Waals surface area contributed by atoms with Gasteiger partial charge in [0.1, 0.15) is 5.56 Å². The summed E-state index contributed by atoms with van der Waals surface area (Å²) in [6.45, 7) is 4.31. The first-order valence-electron chi connectivity index (χ1n) is 7.68. The Bertz CT molecular complexity index is 783. The van der Waals surface area contributed by atoms with Crippen LogP contribution < -0.4 is 5.43 Å². The number of hydrogen-bond acceptors (Lipinski definition) is 3. The molecule has 0 unspecified atom stereocenters. The lowest BCUT2D eigenvalue weighted by molar-refractivity contribution is 0.0524. The second kappa shape index (κ2) is 7.35. The second-order valence-corrected chi connectivity index (χ2v) is 5.28. The smallest absolute Gasteiger partial charge is 0.343 e. The molecule has 0 aliphatic heterocycles. The Morgan fingerprint density at radius 3 is 2.52 bits per heavy atom. The first-order valence-corrected chi connectivity index (χ1v) is 7.68. The van der Waals surface area contributed by atoms with E-state index in [1.165, 1.54) is 6.20 Å². The first-order chi connectivity index (χ1) is 11.0. The van der Waals surface area contributed by atoms with Gasteiger partial charge in [0, 0.05) is 24.2 Å². The van der Waals surface area contributed by atoms with Gasteiger partial charge in [0.2, 0.25) is 5.43 Å². The average molecular weight is 323 g/mol. The van der Waals surface area contributed by atoms with Crippen LogP contribution in [0.15, 0.2) is 23.1 Å². The largest absolute Gasteiger partial charge is 0.462 e. The fourth-order valence-corrected chi connectivity index (χ4v) is 2.46. The Morgan fingerprint density at radius 1 is 1.17 bits per heavy atom. The van der Waals surface area contributed by atoms with Crippen molar-refractivity contribution in [3.8, 4) is 0 Å². The summed E-state index contributed by atoms with van der Waals surface area (Å²) in [6.07, 6.45) is 4.11. The highest BCUT2D eigenvalue weighted by molar-refractivity contribution is 5.93. The number of pyridine rings is 1. The number of fused-ring (bicyclic) bond motifs is 1. The number of halogens is 2. The van der Waals surface area contributed by atoms with Gasteiger partial charge in [-0.25, -0.2) is 13.6 Å². The molecule has 0 spiro atoms. The predicted octanol–water partition coefficient (Wildman–Crippen LogP) is 3.65. The number of nitrogens with zero attached hydrogens (tertiary/aromatic N) is 1. The minimum atomic E-state index is -1.12. The zero-order valence-corrected chi connectivity index (χ0v) is 13.2. The zero-order chi connectivity index (χ0) is 17.0. The highest BCUT2D eigenvalue weighted by Gasteiger charge is 2.18. The number of benzene rings is 1. The minimum absolute atomic E-state index is 0.0223. The fraction of sp³-hybridized carbons (Fsp3) is 0.412. The molecule has 1 aromatic heterocycles. The maximum Gasteiger partial charge on any atom is 0.343 e. The number of carbonyl (C=O) groups is 1. The number of rotatable bonds is 6. The lowest BCUT2D eigenvalue weighted by atomic mass is 10.1. The van der Waals surface area contributed by atoms with Crippen LogP contribution in [0.1, 0.15) is 43.5 Å². The monoisotopic (exact) mass is 323 g/mol. The van der Waals surface area contributed by atoms with Gasteiger partial charge in [-0.15, -0.1) is 0 Å². The molecule has 6 heteroatoms. The van der Waals surface area contributed by atoms with Crippen LogP contribution in [-0.2, 0) is 11.3 Å². The van der Waals surface area contributed by atoms with E-state index in [-0.39, 0.29) is 23.1 Å². The lowest BCUT2D eigenvalue weighted by Gasteiger charge is -2.13. The van der Waals surface area contributed by atoms with E-state index in [1.54, 1.807) is 11.5 Å². The normalized spacial score (nSPS) is 11.0. The fourth-order valence-electron chi connectivity index (χ4n) is 2.46. The van der Waals surface area contributed by atoms with E-state index in [2.05, 4.69) is 0 Å². The molecule has 0 aliphatic carbocycles. The molecule has 0 atom stereocenters. The maximum atomic E-state index is 13.5. The number of aryl methyl sites for hydroxylation is 1. The van der Waals surface area contributed by atoms with Crippen molar-refractivity contribution in [2.75, 3.05) is 6.61 Å². The van der Waals surface area contributed by atoms with Gasteiger partial charge in [0.25, 0.3) is 0 Å². The molecule has 4 nitrogen and oxygen atoms in total. The summed E-state index contributed by atoms with van der Waals surface area (Å²) in [4.78, 5) is 24.3. The Morgan fingerprint density at radius 2 is 1.87 bits per heavy atom. The summed E-state index contributed by atoms with van der Waals surface area (Å²) < 4.78 is 33.5. The van der Waals surface area contributed by atoms with E-state index in [1.807, 2.05) is 6.92 Å². The van der Waals surface area contributed by atoms with Crippen LogP contribution in [0.5, 0.6) is 0 Å². The molecule has 124 valence electrons.